The van der Waals surface area contributed by atoms with Gasteiger partial charge in [0, 0.05) is 0 Å². The lowest BCUT2D eigenvalue weighted by Crippen LogP contribution is -2.14. The predicted molar refractivity (Wildman–Crippen MR) is 68.2 cm³/mol. The molecular formula is C13H16O3S. The van der Waals surface area contributed by atoms with E-state index in [-0.39, 0.29) is 12.4 Å². The molecule has 92 valence electrons. The smallest absolute Gasteiger partial charge is 0.161 e. The van der Waals surface area contributed by atoms with Gasteiger partial charge in [0.1, 0.15) is 11.4 Å². The molecule has 1 atom stereocenters. The van der Waals surface area contributed by atoms with E-state index in [0.717, 1.165) is 11.1 Å². The van der Waals surface area contributed by atoms with E-state index in [1.165, 1.54) is 0 Å². The molecule has 1 saturated heterocycles. The van der Waals surface area contributed by atoms with Crippen LogP contribution in [0.5, 0.6) is 0 Å². The molecule has 0 aromatic heterocycles. The van der Waals surface area contributed by atoms with Crippen LogP contribution in [0.15, 0.2) is 36.6 Å². The Morgan fingerprint density at radius 2 is 2.00 bits per heavy atom. The van der Waals surface area contributed by atoms with Crippen molar-refractivity contribution in [3.8, 4) is 0 Å². The van der Waals surface area contributed by atoms with E-state index in [4.69, 9.17) is 4.74 Å². The van der Waals surface area contributed by atoms with E-state index in [1.54, 1.807) is 13.2 Å². The van der Waals surface area contributed by atoms with Crippen molar-refractivity contribution < 1.29 is 13.2 Å². The molecule has 17 heavy (non-hydrogen) atoms. The number of sulfone groups is 1. The SMILES string of the molecule is C/C(=C/OCC1(C)CS1(=O)=O)c1ccccc1. The van der Waals surface area contributed by atoms with Crippen molar-refractivity contribution in [2.45, 2.75) is 18.6 Å². The summed E-state index contributed by atoms with van der Waals surface area (Å²) < 4.78 is 27.2. The van der Waals surface area contributed by atoms with E-state index < -0.39 is 14.6 Å². The molecule has 0 spiro atoms. The zero-order chi connectivity index (χ0) is 12.5. The number of allylic oxidation sites excluding steroid dienone is 1. The Morgan fingerprint density at radius 1 is 1.41 bits per heavy atom. The van der Waals surface area contributed by atoms with Gasteiger partial charge in [-0.05, 0) is 25.0 Å². The van der Waals surface area contributed by atoms with Crippen LogP contribution in [0.4, 0.5) is 0 Å². The Hall–Kier alpha value is -1.29. The second-order valence-electron chi connectivity index (χ2n) is 4.69. The van der Waals surface area contributed by atoms with E-state index in [0.29, 0.717) is 0 Å². The van der Waals surface area contributed by atoms with Crippen molar-refractivity contribution in [1.82, 2.24) is 0 Å². The summed E-state index contributed by atoms with van der Waals surface area (Å²) in [5.74, 6) is 0.234. The Balaban J connectivity index is 1.94. The van der Waals surface area contributed by atoms with Gasteiger partial charge in [-0.1, -0.05) is 30.3 Å². The molecular weight excluding hydrogens is 236 g/mol. The molecule has 2 rings (SSSR count). The molecule has 1 aromatic rings. The van der Waals surface area contributed by atoms with Gasteiger partial charge in [0.05, 0.1) is 12.0 Å². The molecule has 0 N–H and O–H groups in total. The normalized spacial score (nSPS) is 26.6. The zero-order valence-electron chi connectivity index (χ0n) is 10.0. The van der Waals surface area contributed by atoms with Crippen molar-refractivity contribution in [1.29, 1.82) is 0 Å². The molecule has 1 fully saturated rings. The van der Waals surface area contributed by atoms with Gasteiger partial charge in [0.15, 0.2) is 9.84 Å². The third kappa shape index (κ3) is 2.52. The highest BCUT2D eigenvalue weighted by Gasteiger charge is 2.57. The van der Waals surface area contributed by atoms with Crippen molar-refractivity contribution in [2.24, 2.45) is 0 Å². The topological polar surface area (TPSA) is 43.4 Å². The largest absolute Gasteiger partial charge is 0.499 e. The average molecular weight is 252 g/mol. The van der Waals surface area contributed by atoms with Gasteiger partial charge in [-0.25, -0.2) is 8.42 Å². The summed E-state index contributed by atoms with van der Waals surface area (Å²) in [5.41, 5.74) is 2.07. The summed E-state index contributed by atoms with van der Waals surface area (Å²) in [5, 5.41) is 0. The second kappa shape index (κ2) is 4.18. The second-order valence-corrected chi connectivity index (χ2v) is 7.19. The molecule has 0 bridgehead atoms. The monoisotopic (exact) mass is 252 g/mol. The van der Waals surface area contributed by atoms with Crippen LogP contribution in [0, 0.1) is 0 Å². The highest BCUT2D eigenvalue weighted by atomic mass is 32.2. The predicted octanol–water partition coefficient (Wildman–Crippen LogP) is 2.25. The average Bonchev–Trinajstić information content (AvgIpc) is 2.79. The van der Waals surface area contributed by atoms with Crippen LogP contribution in [0.3, 0.4) is 0 Å². The third-order valence-electron chi connectivity index (χ3n) is 3.04. The summed E-state index contributed by atoms with van der Waals surface area (Å²) >= 11 is 0. The number of rotatable bonds is 4. The molecule has 1 aliphatic rings. The number of hydrogen-bond donors (Lipinski definition) is 0. The van der Waals surface area contributed by atoms with Gasteiger partial charge in [0.2, 0.25) is 0 Å². The highest BCUT2D eigenvalue weighted by molar-refractivity contribution is 8.00. The molecule has 4 heteroatoms. The Bertz CT molecular complexity index is 531. The first kappa shape index (κ1) is 12.2. The molecule has 0 amide bonds. The van der Waals surface area contributed by atoms with Crippen LogP contribution in [0.2, 0.25) is 0 Å². The maximum atomic E-state index is 11.2. The standard InChI is InChI=1S/C13H16O3S/c1-11(12-6-4-3-5-7-12)8-16-9-13(2)10-17(13,14)15/h3-8H,9-10H2,1-2H3/b11-8-. The number of hydrogen-bond acceptors (Lipinski definition) is 3. The fourth-order valence-electron chi connectivity index (χ4n) is 1.62. The van der Waals surface area contributed by atoms with Crippen LogP contribution < -0.4 is 0 Å². The lowest BCUT2D eigenvalue weighted by atomic mass is 10.1. The van der Waals surface area contributed by atoms with Crippen LogP contribution in [0.25, 0.3) is 5.57 Å². The summed E-state index contributed by atoms with van der Waals surface area (Å²) in [6.45, 7) is 3.90. The van der Waals surface area contributed by atoms with Gasteiger partial charge in [-0.2, -0.15) is 0 Å². The number of ether oxygens (including phenoxy) is 1. The first-order valence-electron chi connectivity index (χ1n) is 5.51. The van der Waals surface area contributed by atoms with Gasteiger partial charge >= 0.3 is 0 Å². The molecule has 0 aliphatic carbocycles. The highest BCUT2D eigenvalue weighted by Crippen LogP contribution is 2.36. The van der Waals surface area contributed by atoms with E-state index in [9.17, 15) is 8.42 Å². The minimum absolute atomic E-state index is 0.234. The van der Waals surface area contributed by atoms with E-state index >= 15 is 0 Å². The molecule has 1 unspecified atom stereocenters. The molecule has 0 radical (unpaired) electrons. The molecule has 1 heterocycles. The van der Waals surface area contributed by atoms with Crippen molar-refractivity contribution >= 4 is 15.4 Å². The number of benzene rings is 1. The van der Waals surface area contributed by atoms with E-state index in [1.807, 2.05) is 37.3 Å². The summed E-state index contributed by atoms with van der Waals surface area (Å²) in [6, 6.07) is 9.85. The van der Waals surface area contributed by atoms with Crippen molar-refractivity contribution in [3.63, 3.8) is 0 Å². The van der Waals surface area contributed by atoms with Crippen molar-refractivity contribution in [2.75, 3.05) is 12.4 Å². The Morgan fingerprint density at radius 3 is 2.53 bits per heavy atom. The maximum Gasteiger partial charge on any atom is 0.161 e. The fraction of sp³-hybridized carbons (Fsp3) is 0.385. The lowest BCUT2D eigenvalue weighted by Gasteiger charge is -2.06. The molecule has 0 saturated carbocycles. The summed E-state index contributed by atoms with van der Waals surface area (Å²) in [7, 11) is -2.87. The van der Waals surface area contributed by atoms with Gasteiger partial charge in [-0.3, -0.25) is 0 Å². The first-order valence-corrected chi connectivity index (χ1v) is 7.16. The lowest BCUT2D eigenvalue weighted by molar-refractivity contribution is 0.236. The van der Waals surface area contributed by atoms with Gasteiger partial charge < -0.3 is 4.74 Å². The van der Waals surface area contributed by atoms with Crippen LogP contribution in [-0.4, -0.2) is 25.5 Å². The maximum absolute atomic E-state index is 11.2. The van der Waals surface area contributed by atoms with Crippen molar-refractivity contribution in [3.05, 3.63) is 42.2 Å². The molecule has 1 aromatic carbocycles. The Kier molecular flexibility index (Phi) is 3.00. The Labute approximate surface area is 102 Å². The fourth-order valence-corrected chi connectivity index (χ4v) is 2.98. The van der Waals surface area contributed by atoms with E-state index in [2.05, 4.69) is 0 Å². The zero-order valence-corrected chi connectivity index (χ0v) is 10.8. The van der Waals surface area contributed by atoms with Crippen LogP contribution in [0.1, 0.15) is 19.4 Å². The van der Waals surface area contributed by atoms with Crippen LogP contribution in [-0.2, 0) is 14.6 Å². The third-order valence-corrected chi connectivity index (χ3v) is 5.47. The molecule has 1 aliphatic heterocycles. The molecule has 3 nitrogen and oxygen atoms in total. The minimum atomic E-state index is -2.87. The van der Waals surface area contributed by atoms with Gasteiger partial charge in [-0.15, -0.1) is 0 Å². The minimum Gasteiger partial charge on any atom is -0.499 e. The first-order chi connectivity index (χ1) is 7.95. The summed E-state index contributed by atoms with van der Waals surface area (Å²) in [6.07, 6.45) is 1.63. The van der Waals surface area contributed by atoms with Crippen LogP contribution >= 0.6 is 0 Å². The van der Waals surface area contributed by atoms with Gasteiger partial charge in [0.25, 0.3) is 0 Å². The summed E-state index contributed by atoms with van der Waals surface area (Å²) in [4.78, 5) is 0. The quantitative estimate of drug-likeness (QED) is 0.610.